The van der Waals surface area contributed by atoms with Crippen molar-refractivity contribution in [3.05, 3.63) is 46.5 Å². The molecule has 0 radical (unpaired) electrons. The van der Waals surface area contributed by atoms with E-state index in [2.05, 4.69) is 9.97 Å². The summed E-state index contributed by atoms with van der Waals surface area (Å²) in [5, 5.41) is 0. The highest BCUT2D eigenvalue weighted by molar-refractivity contribution is 5.61. The Hall–Kier alpha value is -2.14. The third-order valence-corrected chi connectivity index (χ3v) is 2.28. The van der Waals surface area contributed by atoms with Crippen LogP contribution >= 0.6 is 0 Å². The first-order valence-corrected chi connectivity index (χ1v) is 5.14. The summed E-state index contributed by atoms with van der Waals surface area (Å²) in [7, 11) is 1.55. The standard InChI is InChI=1S/C12H13N3O2/c1-17-7-11-14-10(6-12(16)15-11)8-2-4-9(13)5-3-8/h2-6H,7,13H2,1H3,(H,14,15,16). The summed E-state index contributed by atoms with van der Waals surface area (Å²) in [6.45, 7) is 0.276. The van der Waals surface area contributed by atoms with Gasteiger partial charge in [0.25, 0.3) is 5.56 Å². The normalized spacial score (nSPS) is 10.4. The van der Waals surface area contributed by atoms with Crippen molar-refractivity contribution >= 4 is 5.69 Å². The van der Waals surface area contributed by atoms with Crippen LogP contribution < -0.4 is 11.3 Å². The first kappa shape index (κ1) is 11.3. The third kappa shape index (κ3) is 2.70. The fourth-order valence-corrected chi connectivity index (χ4v) is 1.51. The molecule has 3 N–H and O–H groups in total. The third-order valence-electron chi connectivity index (χ3n) is 2.28. The number of aromatic nitrogens is 2. The minimum Gasteiger partial charge on any atom is -0.399 e. The molecule has 5 heteroatoms. The molecule has 17 heavy (non-hydrogen) atoms. The number of ether oxygens (including phenoxy) is 1. The van der Waals surface area contributed by atoms with E-state index in [4.69, 9.17) is 10.5 Å². The Kier molecular flexibility index (Phi) is 3.20. The number of methoxy groups -OCH3 is 1. The molecule has 0 aliphatic heterocycles. The molecule has 5 nitrogen and oxygen atoms in total. The molecule has 0 bridgehead atoms. The number of nitrogens with one attached hydrogen (secondary N) is 1. The van der Waals surface area contributed by atoms with Crippen LogP contribution in [-0.4, -0.2) is 17.1 Å². The summed E-state index contributed by atoms with van der Waals surface area (Å²) in [6.07, 6.45) is 0. The van der Waals surface area contributed by atoms with Crippen LogP contribution in [0.4, 0.5) is 5.69 Å². The van der Waals surface area contributed by atoms with Crippen molar-refractivity contribution in [2.24, 2.45) is 0 Å². The molecule has 0 aliphatic carbocycles. The van der Waals surface area contributed by atoms with Crippen LogP contribution in [0.25, 0.3) is 11.3 Å². The van der Waals surface area contributed by atoms with E-state index in [0.717, 1.165) is 5.56 Å². The molecule has 88 valence electrons. The van der Waals surface area contributed by atoms with E-state index in [9.17, 15) is 4.79 Å². The SMILES string of the molecule is COCc1nc(-c2ccc(N)cc2)cc(=O)[nH]1. The molecule has 0 fully saturated rings. The molecule has 0 atom stereocenters. The molecule has 2 aromatic rings. The molecule has 1 aromatic carbocycles. The number of hydrogen-bond donors (Lipinski definition) is 2. The number of benzene rings is 1. The molecule has 1 heterocycles. The summed E-state index contributed by atoms with van der Waals surface area (Å²) in [5.74, 6) is 0.506. The van der Waals surface area contributed by atoms with E-state index in [1.54, 1.807) is 19.2 Å². The Morgan fingerprint density at radius 1 is 1.35 bits per heavy atom. The molecule has 0 unspecified atom stereocenters. The number of nitrogen functional groups attached to an aromatic ring is 1. The minimum absolute atomic E-state index is 0.195. The largest absolute Gasteiger partial charge is 0.399 e. The zero-order valence-electron chi connectivity index (χ0n) is 9.43. The number of aromatic amines is 1. The lowest BCUT2D eigenvalue weighted by atomic mass is 10.1. The Bertz CT molecular complexity index is 561. The number of anilines is 1. The van der Waals surface area contributed by atoms with Crippen LogP contribution in [0.5, 0.6) is 0 Å². The van der Waals surface area contributed by atoms with E-state index < -0.39 is 0 Å². The quantitative estimate of drug-likeness (QED) is 0.777. The topological polar surface area (TPSA) is 81.0 Å². The summed E-state index contributed by atoms with van der Waals surface area (Å²) in [4.78, 5) is 18.4. The monoisotopic (exact) mass is 231 g/mol. The van der Waals surface area contributed by atoms with E-state index in [1.807, 2.05) is 12.1 Å². The first-order chi connectivity index (χ1) is 8.19. The highest BCUT2D eigenvalue weighted by atomic mass is 16.5. The van der Waals surface area contributed by atoms with E-state index >= 15 is 0 Å². The highest BCUT2D eigenvalue weighted by Gasteiger charge is 2.03. The predicted octanol–water partition coefficient (Wildman–Crippen LogP) is 1.17. The fraction of sp³-hybridized carbons (Fsp3) is 0.167. The molecule has 0 saturated heterocycles. The second kappa shape index (κ2) is 4.80. The fourth-order valence-electron chi connectivity index (χ4n) is 1.51. The zero-order valence-corrected chi connectivity index (χ0v) is 9.43. The van der Waals surface area contributed by atoms with Gasteiger partial charge in [-0.15, -0.1) is 0 Å². The van der Waals surface area contributed by atoms with Gasteiger partial charge in [-0.1, -0.05) is 12.1 Å². The highest BCUT2D eigenvalue weighted by Crippen LogP contribution is 2.16. The van der Waals surface area contributed by atoms with Crippen LogP contribution in [0.15, 0.2) is 35.1 Å². The van der Waals surface area contributed by atoms with Crippen molar-refractivity contribution in [2.75, 3.05) is 12.8 Å². The summed E-state index contributed by atoms with van der Waals surface area (Å²) in [6, 6.07) is 8.65. The van der Waals surface area contributed by atoms with Crippen molar-refractivity contribution in [3.8, 4) is 11.3 Å². The number of H-pyrrole nitrogens is 1. The van der Waals surface area contributed by atoms with Crippen molar-refractivity contribution < 1.29 is 4.74 Å². The molecule has 0 spiro atoms. The van der Waals surface area contributed by atoms with Crippen molar-refractivity contribution in [1.29, 1.82) is 0 Å². The predicted molar refractivity (Wildman–Crippen MR) is 65.4 cm³/mol. The van der Waals surface area contributed by atoms with Gasteiger partial charge in [-0.05, 0) is 12.1 Å². The van der Waals surface area contributed by atoms with Crippen molar-refractivity contribution in [1.82, 2.24) is 9.97 Å². The molecular weight excluding hydrogens is 218 g/mol. The molecule has 0 saturated carbocycles. The Labute approximate surface area is 98.3 Å². The second-order valence-electron chi connectivity index (χ2n) is 3.63. The average molecular weight is 231 g/mol. The second-order valence-corrected chi connectivity index (χ2v) is 3.63. The lowest BCUT2D eigenvalue weighted by Crippen LogP contribution is -2.11. The molecule has 2 rings (SSSR count). The Morgan fingerprint density at radius 2 is 2.06 bits per heavy atom. The molecule has 0 aliphatic rings. The number of rotatable bonds is 3. The Morgan fingerprint density at radius 3 is 2.71 bits per heavy atom. The van der Waals surface area contributed by atoms with Gasteiger partial charge in [0.15, 0.2) is 0 Å². The van der Waals surface area contributed by atoms with E-state index in [0.29, 0.717) is 17.2 Å². The summed E-state index contributed by atoms with van der Waals surface area (Å²) in [5.41, 5.74) is 7.55. The van der Waals surface area contributed by atoms with Gasteiger partial charge in [0.1, 0.15) is 12.4 Å². The average Bonchev–Trinajstić information content (AvgIpc) is 2.29. The minimum atomic E-state index is -0.195. The summed E-state index contributed by atoms with van der Waals surface area (Å²) >= 11 is 0. The van der Waals surface area contributed by atoms with Gasteiger partial charge in [0.2, 0.25) is 0 Å². The smallest absolute Gasteiger partial charge is 0.251 e. The maximum absolute atomic E-state index is 11.5. The van der Waals surface area contributed by atoms with Gasteiger partial charge >= 0.3 is 0 Å². The van der Waals surface area contributed by atoms with E-state index in [-0.39, 0.29) is 12.2 Å². The lowest BCUT2D eigenvalue weighted by molar-refractivity contribution is 0.177. The summed E-state index contributed by atoms with van der Waals surface area (Å²) < 4.78 is 4.94. The number of nitrogens with zero attached hydrogens (tertiary/aromatic N) is 1. The number of hydrogen-bond acceptors (Lipinski definition) is 4. The van der Waals surface area contributed by atoms with Crippen LogP contribution in [0.3, 0.4) is 0 Å². The van der Waals surface area contributed by atoms with Gasteiger partial charge in [-0.25, -0.2) is 4.98 Å². The maximum Gasteiger partial charge on any atom is 0.251 e. The van der Waals surface area contributed by atoms with Gasteiger partial charge in [0.05, 0.1) is 5.69 Å². The van der Waals surface area contributed by atoms with Gasteiger partial charge in [-0.3, -0.25) is 4.79 Å². The van der Waals surface area contributed by atoms with Crippen molar-refractivity contribution in [3.63, 3.8) is 0 Å². The van der Waals surface area contributed by atoms with E-state index in [1.165, 1.54) is 6.07 Å². The van der Waals surface area contributed by atoms with Crippen LogP contribution in [0.1, 0.15) is 5.82 Å². The lowest BCUT2D eigenvalue weighted by Gasteiger charge is -2.04. The molecule has 1 aromatic heterocycles. The van der Waals surface area contributed by atoms with Crippen molar-refractivity contribution in [2.45, 2.75) is 6.61 Å². The van der Waals surface area contributed by atoms with Crippen LogP contribution in [0, 0.1) is 0 Å². The molecular formula is C12H13N3O2. The Balaban J connectivity index is 2.44. The van der Waals surface area contributed by atoms with Gasteiger partial charge < -0.3 is 15.5 Å². The van der Waals surface area contributed by atoms with Gasteiger partial charge in [0, 0.05) is 24.4 Å². The maximum atomic E-state index is 11.5. The zero-order chi connectivity index (χ0) is 12.3. The van der Waals surface area contributed by atoms with Gasteiger partial charge in [-0.2, -0.15) is 0 Å². The first-order valence-electron chi connectivity index (χ1n) is 5.14. The number of nitrogens with two attached hydrogens (primary N) is 1. The van der Waals surface area contributed by atoms with Crippen LogP contribution in [0.2, 0.25) is 0 Å². The molecule has 0 amide bonds. The van der Waals surface area contributed by atoms with Crippen LogP contribution in [-0.2, 0) is 11.3 Å².